The fraction of sp³-hybridized carbons (Fsp3) is 0.385. The lowest BCUT2D eigenvalue weighted by Crippen LogP contribution is -2.10. The molecule has 4 N–H and O–H groups in total. The fourth-order valence-electron chi connectivity index (χ4n) is 1.72. The summed E-state index contributed by atoms with van der Waals surface area (Å²) in [4.78, 5) is 8.84. The summed E-state index contributed by atoms with van der Waals surface area (Å²) in [5.74, 6) is 0. The van der Waals surface area contributed by atoms with Crippen LogP contribution in [0.1, 0.15) is 34.6 Å². The molecule has 0 fully saturated rings. The molecule has 0 aliphatic carbocycles. The predicted octanol–water partition coefficient (Wildman–Crippen LogP) is 3.09. The van der Waals surface area contributed by atoms with Crippen molar-refractivity contribution in [1.82, 2.24) is 9.97 Å². The van der Waals surface area contributed by atoms with Gasteiger partial charge in [0.05, 0.1) is 17.4 Å². The number of hydrogen-bond acceptors (Lipinski definition) is 5. The number of unbranched alkanes of at least 4 members (excludes halogenated alkanes) is 1. The molecule has 6 heteroatoms. The van der Waals surface area contributed by atoms with Crippen molar-refractivity contribution in [2.45, 2.75) is 25.3 Å². The van der Waals surface area contributed by atoms with E-state index < -0.39 is 0 Å². The molecule has 0 amide bonds. The highest BCUT2D eigenvalue weighted by Gasteiger charge is 2.11. The molecule has 1 atom stereocenters. The van der Waals surface area contributed by atoms with E-state index in [1.807, 2.05) is 23.6 Å². The molecule has 0 spiro atoms. The van der Waals surface area contributed by atoms with E-state index >= 15 is 0 Å². The maximum absolute atomic E-state index is 6.11. The van der Waals surface area contributed by atoms with Crippen molar-refractivity contribution in [3.05, 3.63) is 34.8 Å². The highest BCUT2D eigenvalue weighted by molar-refractivity contribution is 7.10. The average Bonchev–Trinajstić information content (AvgIpc) is 2.89. The van der Waals surface area contributed by atoms with Gasteiger partial charge in [0.15, 0.2) is 0 Å². The predicted molar refractivity (Wildman–Crippen MR) is 85.8 cm³/mol. The van der Waals surface area contributed by atoms with Crippen LogP contribution < -0.4 is 11.5 Å². The topological polar surface area (TPSA) is 77.8 Å². The molecule has 0 bridgehead atoms. The van der Waals surface area contributed by atoms with Gasteiger partial charge in [0.1, 0.15) is 5.01 Å². The monoisotopic (exact) mass is 301 g/mol. The fourth-order valence-corrected chi connectivity index (χ4v) is 2.57. The number of nitrogens with zero attached hydrogens (tertiary/aromatic N) is 2. The van der Waals surface area contributed by atoms with Gasteiger partial charge in [0, 0.05) is 11.6 Å². The zero-order chi connectivity index (χ0) is 12.8. The molecule has 1 unspecified atom stereocenters. The summed E-state index contributed by atoms with van der Waals surface area (Å²) < 4.78 is 0. The van der Waals surface area contributed by atoms with Gasteiger partial charge >= 0.3 is 4.28 Å². The quantitative estimate of drug-likeness (QED) is 0.804. The van der Waals surface area contributed by atoms with Crippen LogP contribution in [-0.4, -0.2) is 16.5 Å². The van der Waals surface area contributed by atoms with Crippen LogP contribution >= 0.6 is 23.7 Å². The molecule has 2 rings (SSSR count). The van der Waals surface area contributed by atoms with Crippen LogP contribution in [0, 0.1) is 0 Å². The summed E-state index contributed by atoms with van der Waals surface area (Å²) in [5, 5.41) is 2.99. The average molecular weight is 302 g/mol. The van der Waals surface area contributed by atoms with Crippen molar-refractivity contribution in [2.24, 2.45) is 11.5 Å². The Labute approximate surface area is 128 Å². The minimum atomic E-state index is 0. The standard InChI is InChI=1S/C13H18N4S.ClH/c14-7-3-1-5-10(15)13-17-12(9-18-13)11-6-2-4-8-16-11;/h2,4,6,8-10H,1,3,5,7,14-15H2;1H/p+3. The summed E-state index contributed by atoms with van der Waals surface area (Å²) in [5.41, 5.74) is 13.4. The number of halogens is 1. The number of aromatic nitrogens is 2. The third-order valence-corrected chi connectivity index (χ3v) is 3.71. The highest BCUT2D eigenvalue weighted by atomic mass is 35.5. The maximum atomic E-state index is 6.11. The normalized spacial score (nSPS) is 11.9. The van der Waals surface area contributed by atoms with Crippen molar-refractivity contribution < 1.29 is 4.28 Å². The number of rotatable bonds is 6. The molecule has 19 heavy (non-hydrogen) atoms. The summed E-state index contributed by atoms with van der Waals surface area (Å²) in [6.07, 6.45) is 4.78. The Morgan fingerprint density at radius 2 is 2.11 bits per heavy atom. The lowest BCUT2D eigenvalue weighted by molar-refractivity contribution is 0.589. The molecule has 0 aromatic carbocycles. The van der Waals surface area contributed by atoms with E-state index in [1.165, 1.54) is 0 Å². The molecular weight excluding hydrogens is 280 g/mol. The van der Waals surface area contributed by atoms with Gasteiger partial charge in [0.2, 0.25) is 0 Å². The first-order valence-electron chi connectivity index (χ1n) is 6.13. The second-order valence-corrected chi connectivity index (χ2v) is 5.07. The molecule has 4 nitrogen and oxygen atoms in total. The Bertz CT molecular complexity index is 487. The van der Waals surface area contributed by atoms with E-state index in [1.54, 1.807) is 17.5 Å². The first kappa shape index (κ1) is 16.0. The summed E-state index contributed by atoms with van der Waals surface area (Å²) >= 11 is 1.60. The van der Waals surface area contributed by atoms with Gasteiger partial charge in [0.25, 0.3) is 0 Å². The second kappa shape index (κ2) is 8.22. The van der Waals surface area contributed by atoms with Gasteiger partial charge in [-0.25, -0.2) is 4.98 Å². The van der Waals surface area contributed by atoms with Gasteiger partial charge in [-0.2, -0.15) is 0 Å². The summed E-state index contributed by atoms with van der Waals surface area (Å²) in [6.45, 7) is 0.726. The summed E-state index contributed by atoms with van der Waals surface area (Å²) in [7, 11) is 0. The van der Waals surface area contributed by atoms with Crippen molar-refractivity contribution in [1.29, 1.82) is 0 Å². The number of thiazole rings is 1. The van der Waals surface area contributed by atoms with E-state index in [0.29, 0.717) is 0 Å². The maximum Gasteiger partial charge on any atom is 1.00 e. The lowest BCUT2D eigenvalue weighted by atomic mass is 10.1. The first-order chi connectivity index (χ1) is 8.81. The third kappa shape index (κ3) is 4.54. The molecule has 0 saturated carbocycles. The van der Waals surface area contributed by atoms with Gasteiger partial charge in [-0.1, -0.05) is 12.5 Å². The number of nitrogens with two attached hydrogens (primary N) is 2. The van der Waals surface area contributed by atoms with E-state index in [4.69, 9.17) is 11.5 Å². The molecular formula is C13H22ClN4S+3. The summed E-state index contributed by atoms with van der Waals surface area (Å²) in [6, 6.07) is 5.83. The Morgan fingerprint density at radius 3 is 2.79 bits per heavy atom. The van der Waals surface area contributed by atoms with Crippen LogP contribution in [0.15, 0.2) is 29.8 Å². The smallest absolute Gasteiger partial charge is 0.330 e. The van der Waals surface area contributed by atoms with Crippen LogP contribution in [0.2, 0.25) is 0 Å². The molecule has 2 heterocycles. The molecule has 0 saturated heterocycles. The van der Waals surface area contributed by atoms with E-state index in [0.717, 1.165) is 42.2 Å². The van der Waals surface area contributed by atoms with E-state index in [-0.39, 0.29) is 22.7 Å². The van der Waals surface area contributed by atoms with Crippen molar-refractivity contribution in [2.75, 3.05) is 6.54 Å². The number of hydrogen-bond donors (Lipinski definition) is 2. The van der Waals surface area contributed by atoms with Gasteiger partial charge in [-0.05, 0) is 31.5 Å². The largest absolute Gasteiger partial charge is 1.00 e. The van der Waals surface area contributed by atoms with Crippen molar-refractivity contribution in [3.8, 4) is 11.4 Å². The minimum absolute atomic E-state index is 0. The van der Waals surface area contributed by atoms with Gasteiger partial charge < -0.3 is 11.5 Å². The van der Waals surface area contributed by atoms with Crippen LogP contribution in [0.5, 0.6) is 0 Å². The van der Waals surface area contributed by atoms with E-state index in [9.17, 15) is 0 Å². The Hall–Kier alpha value is -1.01. The zero-order valence-corrected chi connectivity index (χ0v) is 12.3. The van der Waals surface area contributed by atoms with Crippen LogP contribution in [0.25, 0.3) is 11.4 Å². The molecule has 0 aliphatic rings. The zero-order valence-electron chi connectivity index (χ0n) is 13.7. The van der Waals surface area contributed by atoms with Crippen molar-refractivity contribution in [3.63, 3.8) is 0 Å². The molecule has 2 aromatic rings. The van der Waals surface area contributed by atoms with Gasteiger partial charge in [-0.3, -0.25) is 4.98 Å². The van der Waals surface area contributed by atoms with Crippen LogP contribution in [0.4, 0.5) is 0 Å². The molecule has 104 valence electrons. The Balaban J connectivity index is -0.000000902. The SMILES string of the molecule is Cl.NCCCCC(N)c1nc(-c2ccccn2)cs1.[H+].[H+].[H+]. The Morgan fingerprint density at radius 1 is 1.26 bits per heavy atom. The second-order valence-electron chi connectivity index (χ2n) is 4.18. The third-order valence-electron chi connectivity index (χ3n) is 2.74. The molecule has 0 radical (unpaired) electrons. The van der Waals surface area contributed by atoms with Crippen molar-refractivity contribution >= 4 is 23.7 Å². The molecule has 0 aliphatic heterocycles. The molecule has 2 aromatic heterocycles. The first-order valence-corrected chi connectivity index (χ1v) is 7.01. The highest BCUT2D eigenvalue weighted by Crippen LogP contribution is 2.25. The van der Waals surface area contributed by atoms with Gasteiger partial charge in [-0.15, -0.1) is 23.7 Å². The van der Waals surface area contributed by atoms with E-state index in [2.05, 4.69) is 9.97 Å². The minimum Gasteiger partial charge on any atom is -0.330 e. The van der Waals surface area contributed by atoms with Crippen LogP contribution in [0.3, 0.4) is 0 Å². The lowest BCUT2D eigenvalue weighted by Gasteiger charge is -2.07. The van der Waals surface area contributed by atoms with Crippen LogP contribution in [-0.2, 0) is 0 Å². The Kier molecular flexibility index (Phi) is 6.94. The number of pyridine rings is 1.